The molecule has 1 saturated heterocycles. The number of ether oxygens (including phenoxy) is 1. The maximum Gasteiger partial charge on any atom is 0.213 e. The molecule has 2 aliphatic rings. The van der Waals surface area contributed by atoms with Crippen LogP contribution in [-0.2, 0) is 14.8 Å². The summed E-state index contributed by atoms with van der Waals surface area (Å²) in [6, 6.07) is 0. The van der Waals surface area contributed by atoms with Gasteiger partial charge in [-0.3, -0.25) is 4.99 Å². The minimum absolute atomic E-state index is 0.0568. The van der Waals surface area contributed by atoms with Gasteiger partial charge in [0.05, 0.1) is 11.9 Å². The molecule has 164 valence electrons. The summed E-state index contributed by atoms with van der Waals surface area (Å²) in [5.41, 5.74) is 0.0898. The topological polar surface area (TPSA) is 91.8 Å². The van der Waals surface area contributed by atoms with E-state index in [1.54, 1.807) is 0 Å². The molecule has 28 heavy (non-hydrogen) atoms. The Morgan fingerprint density at radius 2 is 1.89 bits per heavy atom. The third-order valence-electron chi connectivity index (χ3n) is 5.61. The maximum atomic E-state index is 12.1. The molecule has 1 aliphatic carbocycles. The largest absolute Gasteiger partial charge is 0.377 e. The highest BCUT2D eigenvalue weighted by Gasteiger charge is 2.35. The highest BCUT2D eigenvalue weighted by Crippen LogP contribution is 2.34. The smallest absolute Gasteiger partial charge is 0.213 e. The van der Waals surface area contributed by atoms with Crippen molar-refractivity contribution in [1.29, 1.82) is 0 Å². The van der Waals surface area contributed by atoms with Crippen LogP contribution in [0.1, 0.15) is 59.8 Å². The van der Waals surface area contributed by atoms with Crippen molar-refractivity contribution in [1.82, 2.24) is 15.4 Å². The number of hydrogen-bond donors (Lipinski definition) is 3. The number of aliphatic imine (C=N–C) groups is 1. The van der Waals surface area contributed by atoms with Gasteiger partial charge in [0, 0.05) is 38.7 Å². The SMILES string of the molecule is CCNC(=NCC1CCCOC1C(C)(C)C)NCCS(=O)(=O)NCC1CCC1. The summed E-state index contributed by atoms with van der Waals surface area (Å²) in [6.45, 7) is 11.8. The number of sulfonamides is 1. The van der Waals surface area contributed by atoms with E-state index >= 15 is 0 Å². The number of nitrogens with one attached hydrogen (secondary N) is 3. The molecule has 1 saturated carbocycles. The zero-order valence-corrected chi connectivity index (χ0v) is 18.9. The fourth-order valence-electron chi connectivity index (χ4n) is 3.86. The van der Waals surface area contributed by atoms with Crippen molar-refractivity contribution < 1.29 is 13.2 Å². The quantitative estimate of drug-likeness (QED) is 0.395. The van der Waals surface area contributed by atoms with Gasteiger partial charge < -0.3 is 15.4 Å². The monoisotopic (exact) mass is 416 g/mol. The summed E-state index contributed by atoms with van der Waals surface area (Å²) in [5, 5.41) is 6.38. The van der Waals surface area contributed by atoms with Gasteiger partial charge >= 0.3 is 0 Å². The van der Waals surface area contributed by atoms with Gasteiger partial charge in [-0.25, -0.2) is 13.1 Å². The van der Waals surface area contributed by atoms with Crippen molar-refractivity contribution in [2.45, 2.75) is 65.9 Å². The Morgan fingerprint density at radius 3 is 2.50 bits per heavy atom. The molecular formula is C20H40N4O3S. The second-order valence-electron chi connectivity index (χ2n) is 9.17. The van der Waals surface area contributed by atoms with E-state index in [0.717, 1.165) is 38.8 Å². The maximum absolute atomic E-state index is 12.1. The zero-order valence-electron chi connectivity index (χ0n) is 18.1. The van der Waals surface area contributed by atoms with Crippen molar-refractivity contribution in [3.05, 3.63) is 0 Å². The predicted molar refractivity (Wildman–Crippen MR) is 115 cm³/mol. The molecule has 1 aliphatic heterocycles. The molecular weight excluding hydrogens is 376 g/mol. The summed E-state index contributed by atoms with van der Waals surface area (Å²) in [5.74, 6) is 1.64. The number of guanidine groups is 1. The number of rotatable bonds is 9. The third-order valence-corrected chi connectivity index (χ3v) is 6.95. The molecule has 2 unspecified atom stereocenters. The van der Waals surface area contributed by atoms with E-state index in [-0.39, 0.29) is 17.3 Å². The van der Waals surface area contributed by atoms with E-state index in [1.165, 1.54) is 6.42 Å². The summed E-state index contributed by atoms with van der Waals surface area (Å²) < 4.78 is 33.1. The lowest BCUT2D eigenvalue weighted by atomic mass is 9.78. The Labute approximate surface area is 171 Å². The summed E-state index contributed by atoms with van der Waals surface area (Å²) in [4.78, 5) is 4.72. The van der Waals surface area contributed by atoms with Gasteiger partial charge in [-0.2, -0.15) is 0 Å². The Kier molecular flexibility index (Phi) is 9.02. The first-order valence-corrected chi connectivity index (χ1v) is 12.5. The molecule has 0 bridgehead atoms. The first kappa shape index (κ1) is 23.4. The molecule has 2 atom stereocenters. The van der Waals surface area contributed by atoms with Crippen LogP contribution in [0.15, 0.2) is 4.99 Å². The van der Waals surface area contributed by atoms with Gasteiger partial charge in [0.2, 0.25) is 10.0 Å². The molecule has 3 N–H and O–H groups in total. The fourth-order valence-corrected chi connectivity index (χ4v) is 4.86. The summed E-state index contributed by atoms with van der Waals surface area (Å²) in [7, 11) is -3.24. The molecule has 1 heterocycles. The first-order valence-electron chi connectivity index (χ1n) is 10.8. The van der Waals surface area contributed by atoms with Crippen LogP contribution in [0.2, 0.25) is 0 Å². The van der Waals surface area contributed by atoms with Gasteiger partial charge in [0.15, 0.2) is 5.96 Å². The van der Waals surface area contributed by atoms with Crippen LogP contribution in [0.3, 0.4) is 0 Å². The van der Waals surface area contributed by atoms with E-state index in [1.807, 2.05) is 6.92 Å². The zero-order chi connectivity index (χ0) is 20.6. The van der Waals surface area contributed by atoms with E-state index < -0.39 is 10.0 Å². The fraction of sp³-hybridized carbons (Fsp3) is 0.950. The van der Waals surface area contributed by atoms with E-state index in [0.29, 0.717) is 37.4 Å². The van der Waals surface area contributed by atoms with E-state index in [9.17, 15) is 8.42 Å². The molecule has 2 fully saturated rings. The molecule has 0 aromatic carbocycles. The van der Waals surface area contributed by atoms with E-state index in [4.69, 9.17) is 9.73 Å². The third kappa shape index (κ3) is 7.87. The highest BCUT2D eigenvalue weighted by molar-refractivity contribution is 7.89. The van der Waals surface area contributed by atoms with Crippen molar-refractivity contribution in [2.75, 3.05) is 38.5 Å². The minimum atomic E-state index is -3.24. The first-order chi connectivity index (χ1) is 13.2. The average molecular weight is 417 g/mol. The summed E-state index contributed by atoms with van der Waals surface area (Å²) in [6.07, 6.45) is 5.88. The standard InChI is InChI=1S/C20H40N4O3S/c1-5-21-19(22-11-13-28(25,26)24-14-16-8-6-9-16)23-15-17-10-7-12-27-18(17)20(2,3)4/h16-18,24H,5-15H2,1-4H3,(H2,21,22,23). The van der Waals surface area contributed by atoms with Crippen LogP contribution in [0.4, 0.5) is 0 Å². The molecule has 0 radical (unpaired) electrons. The van der Waals surface area contributed by atoms with Crippen molar-refractivity contribution >= 4 is 16.0 Å². The van der Waals surface area contributed by atoms with Crippen molar-refractivity contribution in [3.63, 3.8) is 0 Å². The van der Waals surface area contributed by atoms with Crippen molar-refractivity contribution in [2.24, 2.45) is 22.2 Å². The van der Waals surface area contributed by atoms with Crippen LogP contribution in [0, 0.1) is 17.3 Å². The Hall–Kier alpha value is -0.860. The lowest BCUT2D eigenvalue weighted by Crippen LogP contribution is -2.44. The molecule has 8 heteroatoms. The van der Waals surface area contributed by atoms with Crippen LogP contribution >= 0.6 is 0 Å². The van der Waals surface area contributed by atoms with Gasteiger partial charge in [-0.15, -0.1) is 0 Å². The lowest BCUT2D eigenvalue weighted by molar-refractivity contribution is -0.0823. The van der Waals surface area contributed by atoms with Crippen LogP contribution in [-0.4, -0.2) is 59.0 Å². The molecule has 0 amide bonds. The van der Waals surface area contributed by atoms with E-state index in [2.05, 4.69) is 36.1 Å². The average Bonchev–Trinajstić information content (AvgIpc) is 2.57. The Balaban J connectivity index is 1.82. The van der Waals surface area contributed by atoms with Crippen LogP contribution < -0.4 is 15.4 Å². The van der Waals surface area contributed by atoms with Gasteiger partial charge in [-0.05, 0) is 43.9 Å². The molecule has 0 spiro atoms. The Bertz CT molecular complexity index is 597. The predicted octanol–water partition coefficient (Wildman–Crippen LogP) is 2.10. The molecule has 7 nitrogen and oxygen atoms in total. The second-order valence-corrected chi connectivity index (χ2v) is 11.1. The minimum Gasteiger partial charge on any atom is -0.377 e. The number of nitrogens with zero attached hydrogens (tertiary/aromatic N) is 1. The normalized spacial score (nSPS) is 24.6. The van der Waals surface area contributed by atoms with Gasteiger partial charge in [0.1, 0.15) is 0 Å². The molecule has 2 rings (SSSR count). The van der Waals surface area contributed by atoms with Crippen LogP contribution in [0.25, 0.3) is 0 Å². The lowest BCUT2D eigenvalue weighted by Gasteiger charge is -2.39. The highest BCUT2D eigenvalue weighted by atomic mass is 32.2. The Morgan fingerprint density at radius 1 is 1.14 bits per heavy atom. The van der Waals surface area contributed by atoms with Crippen LogP contribution in [0.5, 0.6) is 0 Å². The van der Waals surface area contributed by atoms with Gasteiger partial charge in [0.25, 0.3) is 0 Å². The molecule has 0 aromatic rings. The number of hydrogen-bond acceptors (Lipinski definition) is 4. The second kappa shape index (κ2) is 10.8. The molecule has 0 aromatic heterocycles. The summed E-state index contributed by atoms with van der Waals surface area (Å²) >= 11 is 0. The van der Waals surface area contributed by atoms with Crippen molar-refractivity contribution in [3.8, 4) is 0 Å². The van der Waals surface area contributed by atoms with Gasteiger partial charge in [-0.1, -0.05) is 27.2 Å².